The highest BCUT2D eigenvalue weighted by molar-refractivity contribution is 7.09. The predicted molar refractivity (Wildman–Crippen MR) is 99.6 cm³/mol. The third-order valence-electron chi connectivity index (χ3n) is 3.91. The van der Waals surface area contributed by atoms with E-state index in [1.54, 1.807) is 16.2 Å². The molecule has 3 rings (SSSR count). The highest BCUT2D eigenvalue weighted by atomic mass is 32.1. The summed E-state index contributed by atoms with van der Waals surface area (Å²) in [7, 11) is 0. The average Bonchev–Trinajstić information content (AvgIpc) is 3.24. The lowest BCUT2D eigenvalue weighted by atomic mass is 10.2. The Morgan fingerprint density at radius 3 is 2.61 bits per heavy atom. The molecule has 2 amide bonds. The molecule has 1 aromatic heterocycles. The van der Waals surface area contributed by atoms with E-state index in [-0.39, 0.29) is 36.4 Å². The number of ether oxygens (including phenoxy) is 2. The van der Waals surface area contributed by atoms with Crippen molar-refractivity contribution in [3.63, 3.8) is 0 Å². The van der Waals surface area contributed by atoms with Gasteiger partial charge in [-0.1, -0.05) is 13.0 Å². The van der Waals surface area contributed by atoms with E-state index >= 15 is 0 Å². The Balaban J connectivity index is 1.48. The van der Waals surface area contributed by atoms with Crippen LogP contribution in [0.5, 0.6) is 11.5 Å². The molecule has 0 fully saturated rings. The second-order valence-electron chi connectivity index (χ2n) is 6.04. The Bertz CT molecular complexity index is 845. The van der Waals surface area contributed by atoms with Gasteiger partial charge in [0.15, 0.2) is 11.5 Å². The van der Waals surface area contributed by atoms with Crippen LogP contribution in [-0.2, 0) is 16.1 Å². The third kappa shape index (κ3) is 5.40. The van der Waals surface area contributed by atoms with E-state index in [4.69, 9.17) is 0 Å². The molecule has 0 radical (unpaired) electrons. The second-order valence-corrected chi connectivity index (χ2v) is 7.07. The highest BCUT2D eigenvalue weighted by Crippen LogP contribution is 2.42. The van der Waals surface area contributed by atoms with Gasteiger partial charge >= 0.3 is 6.29 Å². The van der Waals surface area contributed by atoms with E-state index in [2.05, 4.69) is 20.1 Å². The molecule has 1 aliphatic rings. The van der Waals surface area contributed by atoms with Crippen molar-refractivity contribution in [2.45, 2.75) is 19.8 Å². The zero-order valence-corrected chi connectivity index (χ0v) is 15.9. The van der Waals surface area contributed by atoms with Crippen molar-refractivity contribution in [2.24, 2.45) is 0 Å². The van der Waals surface area contributed by atoms with Crippen LogP contribution in [0.1, 0.15) is 11.8 Å². The van der Waals surface area contributed by atoms with Crippen LogP contribution in [0.15, 0.2) is 35.7 Å². The van der Waals surface area contributed by atoms with E-state index in [1.807, 2.05) is 24.4 Å². The standard InChI is InChI=1S/C18H19F2N3O4S/c1-2-23(10-16(24)21-9-13-4-3-7-28-13)11-17(25)22-12-5-6-14-15(8-12)27-18(19,20)26-14/h3-8H,2,9-11H2,1H3,(H,21,24)(H,22,25). The van der Waals surface area contributed by atoms with Gasteiger partial charge in [0.25, 0.3) is 0 Å². The second kappa shape index (κ2) is 8.53. The molecule has 7 nitrogen and oxygen atoms in total. The van der Waals surface area contributed by atoms with Gasteiger partial charge in [-0.15, -0.1) is 20.1 Å². The van der Waals surface area contributed by atoms with E-state index in [1.165, 1.54) is 18.2 Å². The number of nitrogens with one attached hydrogen (secondary N) is 2. The first-order chi connectivity index (χ1) is 13.3. The van der Waals surface area contributed by atoms with Crippen molar-refractivity contribution in [3.05, 3.63) is 40.6 Å². The number of carbonyl (C=O) groups is 2. The molecule has 28 heavy (non-hydrogen) atoms. The molecule has 2 heterocycles. The molecule has 10 heteroatoms. The molecular formula is C18H19F2N3O4S. The summed E-state index contributed by atoms with van der Waals surface area (Å²) in [6, 6.07) is 7.83. The molecule has 0 saturated heterocycles. The molecule has 2 N–H and O–H groups in total. The van der Waals surface area contributed by atoms with Crippen molar-refractivity contribution < 1.29 is 27.8 Å². The van der Waals surface area contributed by atoms with Gasteiger partial charge in [-0.05, 0) is 30.1 Å². The van der Waals surface area contributed by atoms with E-state index in [0.29, 0.717) is 18.8 Å². The first-order valence-electron chi connectivity index (χ1n) is 8.56. The minimum absolute atomic E-state index is 0.0203. The van der Waals surface area contributed by atoms with Gasteiger partial charge < -0.3 is 20.1 Å². The Morgan fingerprint density at radius 1 is 1.14 bits per heavy atom. The topological polar surface area (TPSA) is 79.9 Å². The molecule has 0 saturated carbocycles. The number of rotatable bonds is 8. The Hall–Kier alpha value is -2.72. The quantitative estimate of drug-likeness (QED) is 0.698. The van der Waals surface area contributed by atoms with E-state index < -0.39 is 6.29 Å². The number of halogens is 2. The number of anilines is 1. The maximum Gasteiger partial charge on any atom is 0.586 e. The summed E-state index contributed by atoms with van der Waals surface area (Å²) in [5, 5.41) is 7.34. The number of amides is 2. The largest absolute Gasteiger partial charge is 0.586 e. The normalized spacial score (nSPS) is 14.1. The summed E-state index contributed by atoms with van der Waals surface area (Å²) in [6.45, 7) is 2.83. The van der Waals surface area contributed by atoms with Gasteiger partial charge in [0.1, 0.15) is 0 Å². The average molecular weight is 411 g/mol. The molecular weight excluding hydrogens is 392 g/mol. The fourth-order valence-electron chi connectivity index (χ4n) is 2.57. The van der Waals surface area contributed by atoms with Crippen LogP contribution < -0.4 is 20.1 Å². The molecule has 0 aliphatic carbocycles. The van der Waals surface area contributed by atoms with Gasteiger partial charge in [0.2, 0.25) is 11.8 Å². The molecule has 1 aromatic carbocycles. The van der Waals surface area contributed by atoms with E-state index in [0.717, 1.165) is 4.88 Å². The Labute approximate surface area is 164 Å². The highest BCUT2D eigenvalue weighted by Gasteiger charge is 2.43. The summed E-state index contributed by atoms with van der Waals surface area (Å²) < 4.78 is 34.8. The number of hydrogen-bond donors (Lipinski definition) is 2. The summed E-state index contributed by atoms with van der Waals surface area (Å²) in [5.41, 5.74) is 0.295. The fraction of sp³-hybridized carbons (Fsp3) is 0.333. The smallest absolute Gasteiger partial charge is 0.395 e. The SMILES string of the molecule is CCN(CC(=O)NCc1cccs1)CC(=O)Nc1ccc2c(c1)OC(F)(F)O2. The molecule has 1 aliphatic heterocycles. The summed E-state index contributed by atoms with van der Waals surface area (Å²) in [5.74, 6) is -0.810. The van der Waals surface area contributed by atoms with Crippen LogP contribution in [0.3, 0.4) is 0 Å². The van der Waals surface area contributed by atoms with E-state index in [9.17, 15) is 18.4 Å². The first kappa shape index (κ1) is 20.0. The maximum absolute atomic E-state index is 13.0. The van der Waals surface area contributed by atoms with Crippen LogP contribution in [0.25, 0.3) is 0 Å². The summed E-state index contributed by atoms with van der Waals surface area (Å²) >= 11 is 1.55. The molecule has 2 aromatic rings. The number of carbonyl (C=O) groups excluding carboxylic acids is 2. The fourth-order valence-corrected chi connectivity index (χ4v) is 3.21. The summed E-state index contributed by atoms with van der Waals surface area (Å²) in [4.78, 5) is 27.0. The van der Waals surface area contributed by atoms with Crippen molar-refractivity contribution in [1.29, 1.82) is 0 Å². The third-order valence-corrected chi connectivity index (χ3v) is 4.78. The van der Waals surface area contributed by atoms with Crippen molar-refractivity contribution in [2.75, 3.05) is 25.0 Å². The number of hydrogen-bond acceptors (Lipinski definition) is 6. The molecule has 0 spiro atoms. The molecule has 0 atom stereocenters. The van der Waals surface area contributed by atoms with Crippen molar-refractivity contribution >= 4 is 28.8 Å². The lowest BCUT2D eigenvalue weighted by Gasteiger charge is -2.19. The van der Waals surface area contributed by atoms with Gasteiger partial charge in [-0.2, -0.15) is 0 Å². The number of thiophene rings is 1. The summed E-state index contributed by atoms with van der Waals surface area (Å²) in [6.07, 6.45) is -3.71. The number of likely N-dealkylation sites (N-methyl/N-ethyl adjacent to an activating group) is 1. The van der Waals surface area contributed by atoms with Gasteiger partial charge in [0, 0.05) is 16.6 Å². The molecule has 0 bridgehead atoms. The lowest BCUT2D eigenvalue weighted by Crippen LogP contribution is -2.40. The number of nitrogens with zero attached hydrogens (tertiary/aromatic N) is 1. The minimum atomic E-state index is -3.71. The number of fused-ring (bicyclic) bond motifs is 1. The predicted octanol–water partition coefficient (Wildman–Crippen LogP) is 2.65. The van der Waals surface area contributed by atoms with Gasteiger partial charge in [-0.3, -0.25) is 14.5 Å². The van der Waals surface area contributed by atoms with Crippen molar-refractivity contribution in [3.8, 4) is 11.5 Å². The Morgan fingerprint density at radius 2 is 1.89 bits per heavy atom. The van der Waals surface area contributed by atoms with Gasteiger partial charge in [-0.25, -0.2) is 0 Å². The van der Waals surface area contributed by atoms with Crippen LogP contribution in [0.2, 0.25) is 0 Å². The number of benzene rings is 1. The number of alkyl halides is 2. The van der Waals surface area contributed by atoms with Crippen LogP contribution in [0, 0.1) is 0 Å². The van der Waals surface area contributed by atoms with Crippen LogP contribution in [-0.4, -0.2) is 42.6 Å². The van der Waals surface area contributed by atoms with Crippen LogP contribution >= 0.6 is 11.3 Å². The monoisotopic (exact) mass is 411 g/mol. The molecule has 150 valence electrons. The van der Waals surface area contributed by atoms with Crippen molar-refractivity contribution in [1.82, 2.24) is 10.2 Å². The Kier molecular flexibility index (Phi) is 6.10. The zero-order chi connectivity index (χ0) is 20.1. The molecule has 0 unspecified atom stereocenters. The lowest BCUT2D eigenvalue weighted by molar-refractivity contribution is -0.286. The minimum Gasteiger partial charge on any atom is -0.395 e. The van der Waals surface area contributed by atoms with Gasteiger partial charge in [0.05, 0.1) is 19.6 Å². The van der Waals surface area contributed by atoms with Crippen LogP contribution in [0.4, 0.5) is 14.5 Å². The first-order valence-corrected chi connectivity index (χ1v) is 9.44. The maximum atomic E-state index is 13.0. The zero-order valence-electron chi connectivity index (χ0n) is 15.0.